The van der Waals surface area contributed by atoms with Gasteiger partial charge in [-0.3, -0.25) is 0 Å². The third-order valence-corrected chi connectivity index (χ3v) is 2.81. The maximum atomic E-state index is 14.0. The van der Waals surface area contributed by atoms with Crippen LogP contribution in [0.15, 0.2) is 6.07 Å². The predicted octanol–water partition coefficient (Wildman–Crippen LogP) is 2.85. The fourth-order valence-corrected chi connectivity index (χ4v) is 1.95. The van der Waals surface area contributed by atoms with Crippen molar-refractivity contribution < 1.29 is 18.7 Å². The van der Waals surface area contributed by atoms with Gasteiger partial charge in [0.05, 0.1) is 23.9 Å². The molecule has 0 atom stereocenters. The molecule has 2 rings (SSSR count). The molecule has 1 N–H and O–H groups in total. The summed E-state index contributed by atoms with van der Waals surface area (Å²) in [5.41, 5.74) is 0.274. The van der Waals surface area contributed by atoms with Gasteiger partial charge in [-0.2, -0.15) is 0 Å². The number of halogens is 2. The molecule has 1 heterocycles. The summed E-state index contributed by atoms with van der Waals surface area (Å²) in [6.45, 7) is 2.90. The van der Waals surface area contributed by atoms with Gasteiger partial charge in [0, 0.05) is 6.54 Å². The Morgan fingerprint density at radius 3 is 3.17 bits per heavy atom. The van der Waals surface area contributed by atoms with Crippen molar-refractivity contribution in [2.45, 2.75) is 13.3 Å². The summed E-state index contributed by atoms with van der Waals surface area (Å²) in [6.07, 6.45) is 0.760. The molecule has 0 saturated heterocycles. The number of nitrogens with one attached hydrogen (secondary N) is 1. The van der Waals surface area contributed by atoms with E-state index in [0.717, 1.165) is 6.42 Å². The van der Waals surface area contributed by atoms with E-state index in [-0.39, 0.29) is 22.9 Å². The van der Waals surface area contributed by atoms with Crippen LogP contribution in [0.2, 0.25) is 5.02 Å². The molecule has 0 radical (unpaired) electrons. The van der Waals surface area contributed by atoms with E-state index in [1.54, 1.807) is 6.92 Å². The first-order chi connectivity index (χ1) is 8.65. The summed E-state index contributed by atoms with van der Waals surface area (Å²) in [5.74, 6) is -1.40. The Hall–Kier alpha value is -1.49. The largest absolute Gasteiger partial charge is 0.490 e. The molecule has 4 nitrogen and oxygen atoms in total. The van der Waals surface area contributed by atoms with Crippen LogP contribution in [-0.4, -0.2) is 25.7 Å². The lowest BCUT2D eigenvalue weighted by Crippen LogP contribution is -2.11. The van der Waals surface area contributed by atoms with Crippen LogP contribution in [0.25, 0.3) is 0 Å². The molecule has 0 spiro atoms. The van der Waals surface area contributed by atoms with Crippen molar-refractivity contribution in [2.75, 3.05) is 25.1 Å². The summed E-state index contributed by atoms with van der Waals surface area (Å²) < 4.78 is 24.2. The van der Waals surface area contributed by atoms with Gasteiger partial charge in [-0.15, -0.1) is 0 Å². The van der Waals surface area contributed by atoms with Crippen LogP contribution in [0.5, 0.6) is 5.75 Å². The van der Waals surface area contributed by atoms with Crippen molar-refractivity contribution in [1.82, 2.24) is 0 Å². The van der Waals surface area contributed by atoms with E-state index >= 15 is 0 Å². The number of fused-ring (bicyclic) bond motifs is 1. The summed E-state index contributed by atoms with van der Waals surface area (Å²) in [4.78, 5) is 11.8. The number of hydrogen-bond donors (Lipinski definition) is 1. The van der Waals surface area contributed by atoms with Gasteiger partial charge in [0.15, 0.2) is 11.6 Å². The average molecular weight is 274 g/mol. The molecule has 0 unspecified atom stereocenters. The second kappa shape index (κ2) is 5.44. The number of anilines is 1. The Morgan fingerprint density at radius 1 is 1.67 bits per heavy atom. The van der Waals surface area contributed by atoms with Crippen molar-refractivity contribution >= 4 is 23.3 Å². The Bertz CT molecular complexity index is 479. The second-order valence-corrected chi connectivity index (χ2v) is 4.18. The van der Waals surface area contributed by atoms with Crippen molar-refractivity contribution in [3.05, 3.63) is 22.5 Å². The van der Waals surface area contributed by atoms with Gasteiger partial charge in [-0.05, 0) is 19.4 Å². The summed E-state index contributed by atoms with van der Waals surface area (Å²) in [7, 11) is 0. The van der Waals surface area contributed by atoms with Crippen molar-refractivity contribution in [3.63, 3.8) is 0 Å². The van der Waals surface area contributed by atoms with Crippen LogP contribution in [0, 0.1) is 5.82 Å². The first kappa shape index (κ1) is 13.0. The SMILES string of the molecule is CCOC(=O)c1c(F)c(Cl)cc2c1OCCCN2. The molecular weight excluding hydrogens is 261 g/mol. The highest BCUT2D eigenvalue weighted by Crippen LogP contribution is 2.37. The molecule has 0 saturated carbocycles. The third kappa shape index (κ3) is 2.36. The quantitative estimate of drug-likeness (QED) is 0.842. The zero-order valence-corrected chi connectivity index (χ0v) is 10.6. The van der Waals surface area contributed by atoms with E-state index < -0.39 is 11.8 Å². The Balaban J connectivity index is 2.54. The zero-order chi connectivity index (χ0) is 13.1. The summed E-state index contributed by atoms with van der Waals surface area (Å²) in [5, 5.41) is 2.92. The van der Waals surface area contributed by atoms with E-state index in [1.165, 1.54) is 6.07 Å². The fraction of sp³-hybridized carbons (Fsp3) is 0.417. The third-order valence-electron chi connectivity index (χ3n) is 2.53. The highest BCUT2D eigenvalue weighted by molar-refractivity contribution is 6.31. The number of carbonyl (C=O) groups is 1. The Morgan fingerprint density at radius 2 is 2.44 bits per heavy atom. The molecule has 18 heavy (non-hydrogen) atoms. The standard InChI is InChI=1S/C12H13ClFNO3/c1-2-17-12(16)9-10(14)7(13)6-8-11(9)18-5-3-4-15-8/h6,15H,2-5H2,1H3. The van der Waals surface area contributed by atoms with Crippen LogP contribution < -0.4 is 10.1 Å². The molecule has 98 valence electrons. The normalized spacial score (nSPS) is 13.9. The minimum absolute atomic E-state index is 0.130. The maximum Gasteiger partial charge on any atom is 0.345 e. The van der Waals surface area contributed by atoms with Gasteiger partial charge in [0.2, 0.25) is 0 Å². The molecule has 0 bridgehead atoms. The highest BCUT2D eigenvalue weighted by Gasteiger charge is 2.26. The summed E-state index contributed by atoms with van der Waals surface area (Å²) >= 11 is 5.77. The number of ether oxygens (including phenoxy) is 2. The molecular formula is C12H13ClFNO3. The minimum Gasteiger partial charge on any atom is -0.490 e. The predicted molar refractivity (Wildman–Crippen MR) is 66.0 cm³/mol. The molecule has 0 aliphatic carbocycles. The zero-order valence-electron chi connectivity index (χ0n) is 9.89. The first-order valence-electron chi connectivity index (χ1n) is 5.71. The van der Waals surface area contributed by atoms with Gasteiger partial charge in [0.1, 0.15) is 5.56 Å². The van der Waals surface area contributed by atoms with Gasteiger partial charge in [0.25, 0.3) is 0 Å². The van der Waals surface area contributed by atoms with E-state index in [2.05, 4.69) is 5.32 Å². The monoisotopic (exact) mass is 273 g/mol. The molecule has 1 aliphatic heterocycles. The average Bonchev–Trinajstić information content (AvgIpc) is 2.56. The van der Waals surface area contributed by atoms with Crippen LogP contribution in [-0.2, 0) is 4.74 Å². The number of esters is 1. The minimum atomic E-state index is -0.808. The van der Waals surface area contributed by atoms with Gasteiger partial charge in [-0.25, -0.2) is 9.18 Å². The van der Waals surface area contributed by atoms with E-state index in [9.17, 15) is 9.18 Å². The first-order valence-corrected chi connectivity index (χ1v) is 6.08. The Labute approximate surface area is 109 Å². The topological polar surface area (TPSA) is 47.6 Å². The summed E-state index contributed by atoms with van der Waals surface area (Å²) in [6, 6.07) is 1.42. The van der Waals surface area contributed by atoms with E-state index in [0.29, 0.717) is 18.8 Å². The van der Waals surface area contributed by atoms with E-state index in [4.69, 9.17) is 21.1 Å². The molecule has 1 aromatic rings. The van der Waals surface area contributed by atoms with Crippen LogP contribution >= 0.6 is 11.6 Å². The van der Waals surface area contributed by atoms with Gasteiger partial charge in [-0.1, -0.05) is 11.6 Å². The highest BCUT2D eigenvalue weighted by atomic mass is 35.5. The number of benzene rings is 1. The number of rotatable bonds is 2. The fourth-order valence-electron chi connectivity index (χ4n) is 1.75. The number of hydrogen-bond acceptors (Lipinski definition) is 4. The van der Waals surface area contributed by atoms with Crippen LogP contribution in [0.4, 0.5) is 10.1 Å². The van der Waals surface area contributed by atoms with Crippen LogP contribution in [0.1, 0.15) is 23.7 Å². The van der Waals surface area contributed by atoms with Gasteiger partial charge >= 0.3 is 5.97 Å². The maximum absolute atomic E-state index is 14.0. The van der Waals surface area contributed by atoms with Crippen molar-refractivity contribution in [2.24, 2.45) is 0 Å². The second-order valence-electron chi connectivity index (χ2n) is 3.77. The lowest BCUT2D eigenvalue weighted by Gasteiger charge is -2.14. The lowest BCUT2D eigenvalue weighted by atomic mass is 10.1. The van der Waals surface area contributed by atoms with Crippen LogP contribution in [0.3, 0.4) is 0 Å². The van der Waals surface area contributed by atoms with Gasteiger partial charge < -0.3 is 14.8 Å². The van der Waals surface area contributed by atoms with Crippen molar-refractivity contribution in [1.29, 1.82) is 0 Å². The molecule has 1 aromatic carbocycles. The molecule has 0 fully saturated rings. The molecule has 1 aliphatic rings. The Kier molecular flexibility index (Phi) is 3.91. The van der Waals surface area contributed by atoms with E-state index in [1.807, 2.05) is 0 Å². The molecule has 0 amide bonds. The molecule has 0 aromatic heterocycles. The molecule has 6 heteroatoms. The lowest BCUT2D eigenvalue weighted by molar-refractivity contribution is 0.0516. The smallest absolute Gasteiger partial charge is 0.345 e. The number of carbonyl (C=O) groups excluding carboxylic acids is 1. The van der Waals surface area contributed by atoms with Crippen molar-refractivity contribution in [3.8, 4) is 5.75 Å².